The van der Waals surface area contributed by atoms with Crippen molar-refractivity contribution in [2.24, 2.45) is 4.99 Å². The zero-order valence-electron chi connectivity index (χ0n) is 14.7. The van der Waals surface area contributed by atoms with E-state index in [2.05, 4.69) is 27.3 Å². The molecule has 0 heterocycles. The molecule has 1 fully saturated rings. The molecular weight excluding hydrogens is 405 g/mol. The van der Waals surface area contributed by atoms with Gasteiger partial charge in [0.1, 0.15) is 0 Å². The highest BCUT2D eigenvalue weighted by Gasteiger charge is 2.14. The van der Waals surface area contributed by atoms with Crippen molar-refractivity contribution in [3.05, 3.63) is 0 Å². The molecule has 0 unspecified atom stereocenters. The minimum absolute atomic E-state index is 0. The molecule has 6 heteroatoms. The molecule has 0 saturated heterocycles. The molecule has 0 atom stereocenters. The van der Waals surface area contributed by atoms with Gasteiger partial charge in [-0.25, -0.2) is 0 Å². The van der Waals surface area contributed by atoms with Crippen molar-refractivity contribution in [1.29, 1.82) is 0 Å². The molecule has 1 rings (SSSR count). The fourth-order valence-corrected chi connectivity index (χ4v) is 2.79. The van der Waals surface area contributed by atoms with Gasteiger partial charge in [0.15, 0.2) is 5.96 Å². The maximum atomic E-state index is 11.0. The number of hydrogen-bond donors (Lipinski definition) is 2. The maximum Gasteiger partial charge on any atom is 0.305 e. The number of ether oxygens (including phenoxy) is 1. The molecule has 23 heavy (non-hydrogen) atoms. The molecule has 0 aromatic rings. The van der Waals surface area contributed by atoms with E-state index in [9.17, 15) is 4.79 Å². The van der Waals surface area contributed by atoms with Crippen LogP contribution >= 0.6 is 24.0 Å². The Kier molecular flexibility index (Phi) is 14.7. The number of aliphatic imine (C=N–C) groups is 1. The van der Waals surface area contributed by atoms with Crippen LogP contribution in [0.5, 0.6) is 0 Å². The van der Waals surface area contributed by atoms with Crippen molar-refractivity contribution >= 4 is 35.9 Å². The topological polar surface area (TPSA) is 62.7 Å². The second-order valence-corrected chi connectivity index (χ2v) is 5.98. The number of nitrogens with one attached hydrogen (secondary N) is 2. The molecule has 1 saturated carbocycles. The number of unbranched alkanes of at least 4 members (excludes halogenated alkanes) is 3. The first-order chi connectivity index (χ1) is 10.8. The first-order valence-corrected chi connectivity index (χ1v) is 8.88. The fraction of sp³-hybridized carbons (Fsp3) is 0.882. The summed E-state index contributed by atoms with van der Waals surface area (Å²) in [5, 5.41) is 6.89. The van der Waals surface area contributed by atoms with E-state index in [0.29, 0.717) is 12.5 Å². The number of halogens is 1. The van der Waals surface area contributed by atoms with Crippen molar-refractivity contribution in [2.45, 2.75) is 77.2 Å². The quantitative estimate of drug-likeness (QED) is 0.189. The molecule has 1 aliphatic carbocycles. The Morgan fingerprint density at radius 2 is 1.83 bits per heavy atom. The predicted octanol–water partition coefficient (Wildman–Crippen LogP) is 3.62. The monoisotopic (exact) mass is 439 g/mol. The van der Waals surface area contributed by atoms with Crippen molar-refractivity contribution in [3.63, 3.8) is 0 Å². The highest BCUT2D eigenvalue weighted by molar-refractivity contribution is 14.0. The Morgan fingerprint density at radius 3 is 2.48 bits per heavy atom. The third-order valence-corrected chi connectivity index (χ3v) is 4.08. The van der Waals surface area contributed by atoms with E-state index in [0.717, 1.165) is 44.7 Å². The van der Waals surface area contributed by atoms with E-state index in [1.54, 1.807) is 0 Å². The van der Waals surface area contributed by atoms with E-state index in [1.165, 1.54) is 39.2 Å². The average molecular weight is 439 g/mol. The van der Waals surface area contributed by atoms with Gasteiger partial charge in [-0.3, -0.25) is 9.79 Å². The summed E-state index contributed by atoms with van der Waals surface area (Å²) in [5.74, 6) is 0.855. The molecule has 0 radical (unpaired) electrons. The smallest absolute Gasteiger partial charge is 0.305 e. The molecule has 1 aliphatic rings. The van der Waals surface area contributed by atoms with Gasteiger partial charge in [-0.15, -0.1) is 24.0 Å². The van der Waals surface area contributed by atoms with Gasteiger partial charge in [0.05, 0.1) is 7.11 Å². The van der Waals surface area contributed by atoms with Crippen LogP contribution in [0.1, 0.15) is 71.1 Å². The highest BCUT2D eigenvalue weighted by atomic mass is 127. The minimum atomic E-state index is -0.107. The lowest BCUT2D eigenvalue weighted by Crippen LogP contribution is -2.44. The second-order valence-electron chi connectivity index (χ2n) is 5.98. The van der Waals surface area contributed by atoms with Gasteiger partial charge < -0.3 is 15.4 Å². The van der Waals surface area contributed by atoms with Crippen LogP contribution in [-0.2, 0) is 9.53 Å². The third kappa shape index (κ3) is 11.6. The van der Waals surface area contributed by atoms with Crippen LogP contribution in [0.25, 0.3) is 0 Å². The van der Waals surface area contributed by atoms with E-state index in [1.807, 2.05) is 0 Å². The van der Waals surface area contributed by atoms with Gasteiger partial charge in [0.25, 0.3) is 0 Å². The number of carbonyl (C=O) groups excluding carboxylic acids is 1. The molecule has 0 spiro atoms. The van der Waals surface area contributed by atoms with Crippen LogP contribution in [0.3, 0.4) is 0 Å². The Bertz CT molecular complexity index is 332. The van der Waals surface area contributed by atoms with Gasteiger partial charge in [0.2, 0.25) is 0 Å². The van der Waals surface area contributed by atoms with Gasteiger partial charge in [-0.05, 0) is 32.6 Å². The summed E-state index contributed by atoms with van der Waals surface area (Å²) in [5.41, 5.74) is 0. The summed E-state index contributed by atoms with van der Waals surface area (Å²) in [7, 11) is 1.44. The second kappa shape index (κ2) is 15.0. The maximum absolute atomic E-state index is 11.0. The predicted molar refractivity (Wildman–Crippen MR) is 107 cm³/mol. The lowest BCUT2D eigenvalue weighted by molar-refractivity contribution is -0.140. The zero-order chi connectivity index (χ0) is 16.0. The van der Waals surface area contributed by atoms with E-state index in [-0.39, 0.29) is 29.9 Å². The lowest BCUT2D eigenvalue weighted by atomic mass is 9.96. The molecule has 2 N–H and O–H groups in total. The van der Waals surface area contributed by atoms with Gasteiger partial charge in [0, 0.05) is 25.6 Å². The first kappa shape index (κ1) is 22.5. The summed E-state index contributed by atoms with van der Waals surface area (Å²) in [6.45, 7) is 3.85. The average Bonchev–Trinajstić information content (AvgIpc) is 2.54. The normalized spacial score (nSPS) is 15.7. The summed E-state index contributed by atoms with van der Waals surface area (Å²) in [4.78, 5) is 15.6. The molecule has 0 bridgehead atoms. The molecule has 0 amide bonds. The number of nitrogens with zero attached hydrogens (tertiary/aromatic N) is 1. The third-order valence-electron chi connectivity index (χ3n) is 4.08. The van der Waals surface area contributed by atoms with Gasteiger partial charge >= 0.3 is 5.97 Å². The van der Waals surface area contributed by atoms with Crippen molar-refractivity contribution in [3.8, 4) is 0 Å². The molecule has 136 valence electrons. The molecular formula is C17H34IN3O2. The van der Waals surface area contributed by atoms with Crippen LogP contribution in [0, 0.1) is 0 Å². The Labute approximate surface area is 158 Å². The van der Waals surface area contributed by atoms with Crippen molar-refractivity contribution in [2.75, 3.05) is 20.2 Å². The standard InChI is InChI=1S/C17H33N3O2.HI/c1-3-18-17(20-15-11-7-6-8-12-15)19-14-10-5-4-9-13-16(21)22-2;/h15H,3-14H2,1-2H3,(H2,18,19,20);1H. The number of guanidine groups is 1. The van der Waals surface area contributed by atoms with E-state index in [4.69, 9.17) is 0 Å². The minimum Gasteiger partial charge on any atom is -0.469 e. The molecule has 0 aromatic carbocycles. The number of esters is 1. The van der Waals surface area contributed by atoms with Crippen molar-refractivity contribution < 1.29 is 9.53 Å². The summed E-state index contributed by atoms with van der Waals surface area (Å²) in [6.07, 6.45) is 11.3. The van der Waals surface area contributed by atoms with Crippen LogP contribution < -0.4 is 10.6 Å². The molecule has 5 nitrogen and oxygen atoms in total. The highest BCUT2D eigenvalue weighted by Crippen LogP contribution is 2.17. The van der Waals surface area contributed by atoms with Gasteiger partial charge in [-0.1, -0.05) is 32.1 Å². The van der Waals surface area contributed by atoms with Crippen molar-refractivity contribution in [1.82, 2.24) is 10.6 Å². The Hall–Kier alpha value is -0.530. The number of methoxy groups -OCH3 is 1. The number of hydrogen-bond acceptors (Lipinski definition) is 3. The fourth-order valence-electron chi connectivity index (χ4n) is 2.79. The Morgan fingerprint density at radius 1 is 1.13 bits per heavy atom. The lowest BCUT2D eigenvalue weighted by Gasteiger charge is -2.24. The van der Waals surface area contributed by atoms with Crippen LogP contribution in [-0.4, -0.2) is 38.2 Å². The molecule has 0 aliphatic heterocycles. The Balaban J connectivity index is 0.00000484. The van der Waals surface area contributed by atoms with Gasteiger partial charge in [-0.2, -0.15) is 0 Å². The molecule has 0 aromatic heterocycles. The number of carbonyl (C=O) groups is 1. The summed E-state index contributed by atoms with van der Waals surface area (Å²) >= 11 is 0. The number of rotatable bonds is 9. The summed E-state index contributed by atoms with van der Waals surface area (Å²) in [6, 6.07) is 0.589. The van der Waals surface area contributed by atoms with Crippen LogP contribution in [0.2, 0.25) is 0 Å². The zero-order valence-corrected chi connectivity index (χ0v) is 17.1. The van der Waals surface area contributed by atoms with Crippen LogP contribution in [0.4, 0.5) is 0 Å². The van der Waals surface area contributed by atoms with Crippen LogP contribution in [0.15, 0.2) is 4.99 Å². The largest absolute Gasteiger partial charge is 0.469 e. The SMILES string of the molecule is CCNC(=NCCCCCCC(=O)OC)NC1CCCCC1.I. The van der Waals surface area contributed by atoms with E-state index >= 15 is 0 Å². The summed E-state index contributed by atoms with van der Waals surface area (Å²) < 4.78 is 4.63. The van der Waals surface area contributed by atoms with E-state index < -0.39 is 0 Å². The first-order valence-electron chi connectivity index (χ1n) is 8.88.